The summed E-state index contributed by atoms with van der Waals surface area (Å²) in [6, 6.07) is 0. The van der Waals surface area contributed by atoms with Crippen molar-refractivity contribution in [3.05, 3.63) is 0 Å². The first-order valence-electron chi connectivity index (χ1n) is 4.46. The molecule has 1 aliphatic heterocycles. The Labute approximate surface area is 83.1 Å². The average molecular weight is 162 g/mol. The molecule has 0 aromatic heterocycles. The molecular formula is C7H15LiN4. The summed E-state index contributed by atoms with van der Waals surface area (Å²) in [5.74, 6) is 0. The second-order valence-corrected chi connectivity index (χ2v) is 3.23. The third-order valence-corrected chi connectivity index (χ3v) is 1.33. The summed E-state index contributed by atoms with van der Waals surface area (Å²) in [4.78, 5) is 0. The zero-order valence-electron chi connectivity index (χ0n) is 8.41. The topological polar surface area (TPSA) is 49.4 Å². The molecule has 0 radical (unpaired) electrons. The van der Waals surface area contributed by atoms with Gasteiger partial charge in [0.15, 0.2) is 5.66 Å². The number of unbranched alkanes of at least 4 members (excludes halogenated alkanes) is 1. The van der Waals surface area contributed by atoms with E-state index in [0.29, 0.717) is 0 Å². The normalized spacial score (nSPS) is 17.4. The fourth-order valence-corrected chi connectivity index (χ4v) is 0.632. The van der Waals surface area contributed by atoms with Crippen molar-refractivity contribution in [2.75, 3.05) is 0 Å². The maximum atomic E-state index is 3.66. The van der Waals surface area contributed by atoms with Gasteiger partial charge in [-0.3, -0.25) is 0 Å². The monoisotopic (exact) mass is 162 g/mol. The van der Waals surface area contributed by atoms with E-state index in [4.69, 9.17) is 0 Å². The van der Waals surface area contributed by atoms with Crippen molar-refractivity contribution in [3.8, 4) is 0 Å². The van der Waals surface area contributed by atoms with Crippen LogP contribution in [0.25, 0.3) is 0 Å². The molecule has 0 bridgehead atoms. The van der Waals surface area contributed by atoms with Gasteiger partial charge in [-0.2, -0.15) is 0 Å². The van der Waals surface area contributed by atoms with Gasteiger partial charge in [0.25, 0.3) is 0 Å². The molecule has 0 amide bonds. The number of hydrogen-bond donors (Lipinski definition) is 0. The third-order valence-electron chi connectivity index (χ3n) is 1.33. The summed E-state index contributed by atoms with van der Waals surface area (Å²) in [6.45, 7) is 5.89. The van der Waals surface area contributed by atoms with Crippen LogP contribution in [0.5, 0.6) is 0 Å². The Morgan fingerprint density at radius 2 is 1.67 bits per heavy atom. The number of nitrogens with zero attached hydrogens (tertiary/aromatic N) is 4. The van der Waals surface area contributed by atoms with Crippen LogP contribution < -0.4 is 0 Å². The summed E-state index contributed by atoms with van der Waals surface area (Å²) < 4.78 is 0. The summed E-state index contributed by atoms with van der Waals surface area (Å²) >= 11 is 2.21. The van der Waals surface area contributed by atoms with Gasteiger partial charge in [-0.25, -0.2) is 0 Å². The Morgan fingerprint density at radius 1 is 1.17 bits per heavy atom. The van der Waals surface area contributed by atoms with Crippen molar-refractivity contribution in [2.45, 2.75) is 44.4 Å². The van der Waals surface area contributed by atoms with Crippen molar-refractivity contribution in [1.82, 2.24) is 0 Å². The standard InChI is InChI=1S/C4H9.C3H6N4.Li/c1-3-4-2;1-3(2)4-6-7-5-3;/h1,3-4H2,2H3;1-2H3;. The van der Waals surface area contributed by atoms with Gasteiger partial charge in [0.05, 0.1) is 0 Å². The summed E-state index contributed by atoms with van der Waals surface area (Å²) in [6.07, 6.45) is 2.73. The predicted octanol–water partition coefficient (Wildman–Crippen LogP) is 2.93. The van der Waals surface area contributed by atoms with E-state index in [9.17, 15) is 0 Å². The molecule has 0 aromatic rings. The maximum absolute atomic E-state index is 3.66. The quantitative estimate of drug-likeness (QED) is 0.560. The molecule has 1 heterocycles. The second-order valence-electron chi connectivity index (χ2n) is 3.23. The molecule has 0 fully saturated rings. The molecule has 5 heteroatoms. The molecule has 0 aliphatic carbocycles. The van der Waals surface area contributed by atoms with Crippen LogP contribution >= 0.6 is 0 Å². The molecule has 0 atom stereocenters. The van der Waals surface area contributed by atoms with Crippen LogP contribution in [0.3, 0.4) is 0 Å². The Hall–Kier alpha value is -0.203. The van der Waals surface area contributed by atoms with Crippen LogP contribution in [0.4, 0.5) is 0 Å². The van der Waals surface area contributed by atoms with Gasteiger partial charge in [0.1, 0.15) is 0 Å². The van der Waals surface area contributed by atoms with Gasteiger partial charge in [0.2, 0.25) is 0 Å². The Bertz CT molecular complexity index is 149. The first kappa shape index (κ1) is 11.8. The SMILES string of the molecule is CC1(C)N=NN=N1.[Li][CH2]CCC. The van der Waals surface area contributed by atoms with E-state index in [2.05, 4.69) is 45.3 Å². The van der Waals surface area contributed by atoms with Crippen molar-refractivity contribution in [3.63, 3.8) is 0 Å². The summed E-state index contributed by atoms with van der Waals surface area (Å²) in [7, 11) is 0. The number of hydrogen-bond acceptors (Lipinski definition) is 4. The van der Waals surface area contributed by atoms with Crippen LogP contribution in [0, 0.1) is 0 Å². The van der Waals surface area contributed by atoms with Crippen LogP contribution in [-0.4, -0.2) is 23.4 Å². The molecule has 0 aromatic carbocycles. The molecule has 0 spiro atoms. The van der Waals surface area contributed by atoms with E-state index >= 15 is 0 Å². The van der Waals surface area contributed by atoms with Gasteiger partial charge >= 0.3 is 42.6 Å². The third kappa shape index (κ3) is 6.50. The molecule has 0 saturated carbocycles. The fourth-order valence-electron chi connectivity index (χ4n) is 0.632. The van der Waals surface area contributed by atoms with Gasteiger partial charge in [-0.05, 0) is 24.3 Å². The van der Waals surface area contributed by atoms with E-state index in [0.717, 1.165) is 0 Å². The van der Waals surface area contributed by atoms with Crippen LogP contribution in [0.15, 0.2) is 20.7 Å². The predicted molar refractivity (Wildman–Crippen MR) is 49.3 cm³/mol. The molecule has 64 valence electrons. The summed E-state index contributed by atoms with van der Waals surface area (Å²) in [5.41, 5.74) is -0.389. The molecule has 1 rings (SSSR count). The van der Waals surface area contributed by atoms with E-state index in [-0.39, 0.29) is 5.66 Å². The van der Waals surface area contributed by atoms with Crippen LogP contribution in [0.2, 0.25) is 5.09 Å². The molecular weight excluding hydrogens is 147 g/mol. The second kappa shape index (κ2) is 6.33. The molecule has 4 nitrogen and oxygen atoms in total. The van der Waals surface area contributed by atoms with E-state index in [1.54, 1.807) is 0 Å². The molecule has 0 saturated heterocycles. The minimum atomic E-state index is -0.389. The van der Waals surface area contributed by atoms with Gasteiger partial charge in [0, 0.05) is 0 Å². The first-order valence-corrected chi connectivity index (χ1v) is 4.46. The molecule has 12 heavy (non-hydrogen) atoms. The van der Waals surface area contributed by atoms with Gasteiger partial charge in [-0.15, -0.1) is 10.2 Å². The molecule has 0 N–H and O–H groups in total. The van der Waals surface area contributed by atoms with Crippen molar-refractivity contribution >= 4 is 17.7 Å². The van der Waals surface area contributed by atoms with E-state index < -0.39 is 0 Å². The average Bonchev–Trinajstić information content (AvgIpc) is 2.37. The van der Waals surface area contributed by atoms with Crippen LogP contribution in [0.1, 0.15) is 33.6 Å². The Morgan fingerprint density at radius 3 is 1.75 bits per heavy atom. The first-order chi connectivity index (χ1) is 5.62. The van der Waals surface area contributed by atoms with Crippen molar-refractivity contribution in [1.29, 1.82) is 0 Å². The Balaban J connectivity index is 0.000000217. The molecule has 0 unspecified atom stereocenters. The fraction of sp³-hybridized carbons (Fsp3) is 1.00. The Kier molecular flexibility index (Phi) is 6.22. The van der Waals surface area contributed by atoms with Gasteiger partial charge in [-0.1, -0.05) is 0 Å². The van der Waals surface area contributed by atoms with Gasteiger partial charge < -0.3 is 0 Å². The summed E-state index contributed by atoms with van der Waals surface area (Å²) in [5, 5.41) is 15.3. The van der Waals surface area contributed by atoms with E-state index in [1.807, 2.05) is 13.8 Å². The van der Waals surface area contributed by atoms with Crippen LogP contribution in [-0.2, 0) is 0 Å². The zero-order chi connectivity index (χ0) is 9.45. The van der Waals surface area contributed by atoms with Crippen molar-refractivity contribution < 1.29 is 0 Å². The number of rotatable bonds is 2. The van der Waals surface area contributed by atoms with E-state index in [1.165, 1.54) is 17.9 Å². The zero-order valence-corrected chi connectivity index (χ0v) is 8.41. The molecule has 1 aliphatic rings. The minimum absolute atomic E-state index is 0.389. The van der Waals surface area contributed by atoms with Crippen molar-refractivity contribution in [2.24, 2.45) is 20.7 Å².